The molecular formula is C17H28N2. The highest BCUT2D eigenvalue weighted by molar-refractivity contribution is 5.25. The van der Waals surface area contributed by atoms with Crippen LogP contribution < -0.4 is 5.32 Å². The van der Waals surface area contributed by atoms with Gasteiger partial charge in [0, 0.05) is 12.6 Å². The quantitative estimate of drug-likeness (QED) is 0.844. The summed E-state index contributed by atoms with van der Waals surface area (Å²) in [6, 6.07) is 9.85. The van der Waals surface area contributed by atoms with Crippen LogP contribution in [0.3, 0.4) is 0 Å². The molecule has 0 spiro atoms. The minimum absolute atomic E-state index is 0.604. The van der Waals surface area contributed by atoms with Gasteiger partial charge in [-0.1, -0.05) is 38.1 Å². The van der Waals surface area contributed by atoms with Crippen molar-refractivity contribution in [3.8, 4) is 0 Å². The van der Waals surface area contributed by atoms with Gasteiger partial charge in [-0.05, 0) is 56.4 Å². The predicted octanol–water partition coefficient (Wildman–Crippen LogP) is 3.24. The third-order valence-corrected chi connectivity index (χ3v) is 4.41. The largest absolute Gasteiger partial charge is 0.319 e. The first-order valence-corrected chi connectivity index (χ1v) is 7.76. The molecule has 2 atom stereocenters. The average Bonchev–Trinajstić information content (AvgIpc) is 2.89. The summed E-state index contributed by atoms with van der Waals surface area (Å²) >= 11 is 0. The lowest BCUT2D eigenvalue weighted by molar-refractivity contribution is 0.230. The molecule has 2 nitrogen and oxygen atoms in total. The van der Waals surface area contributed by atoms with E-state index in [1.165, 1.54) is 37.1 Å². The lowest BCUT2D eigenvalue weighted by Crippen LogP contribution is -2.28. The lowest BCUT2D eigenvalue weighted by Gasteiger charge is -2.27. The van der Waals surface area contributed by atoms with Crippen LogP contribution in [-0.2, 0) is 6.42 Å². The SMILES string of the molecule is CCc1ccc(C(CC)N2CCC(CNC)C2)cc1. The zero-order chi connectivity index (χ0) is 13.7. The monoisotopic (exact) mass is 260 g/mol. The summed E-state index contributed by atoms with van der Waals surface area (Å²) in [6.45, 7) is 8.18. The first-order chi connectivity index (χ1) is 9.28. The van der Waals surface area contributed by atoms with E-state index >= 15 is 0 Å². The topological polar surface area (TPSA) is 15.3 Å². The maximum Gasteiger partial charge on any atom is 0.0345 e. The van der Waals surface area contributed by atoms with Crippen LogP contribution >= 0.6 is 0 Å². The van der Waals surface area contributed by atoms with Gasteiger partial charge in [0.1, 0.15) is 0 Å². The Labute approximate surface area is 118 Å². The van der Waals surface area contributed by atoms with Crippen molar-refractivity contribution in [1.29, 1.82) is 0 Å². The molecule has 1 saturated heterocycles. The Balaban J connectivity index is 2.03. The molecule has 1 N–H and O–H groups in total. The van der Waals surface area contributed by atoms with Crippen molar-refractivity contribution in [3.63, 3.8) is 0 Å². The summed E-state index contributed by atoms with van der Waals surface area (Å²) in [7, 11) is 2.06. The number of hydrogen-bond acceptors (Lipinski definition) is 2. The summed E-state index contributed by atoms with van der Waals surface area (Å²) in [4.78, 5) is 2.67. The van der Waals surface area contributed by atoms with Crippen LogP contribution in [0.15, 0.2) is 24.3 Å². The van der Waals surface area contributed by atoms with Gasteiger partial charge in [-0.25, -0.2) is 0 Å². The van der Waals surface area contributed by atoms with Gasteiger partial charge < -0.3 is 5.32 Å². The van der Waals surface area contributed by atoms with E-state index in [0.717, 1.165) is 18.9 Å². The van der Waals surface area contributed by atoms with Crippen molar-refractivity contribution in [1.82, 2.24) is 10.2 Å². The second-order valence-corrected chi connectivity index (χ2v) is 5.73. The molecule has 0 aromatic heterocycles. The molecule has 0 radical (unpaired) electrons. The highest BCUT2D eigenvalue weighted by Crippen LogP contribution is 2.30. The van der Waals surface area contributed by atoms with Crippen molar-refractivity contribution in [3.05, 3.63) is 35.4 Å². The number of likely N-dealkylation sites (tertiary alicyclic amines) is 1. The second-order valence-electron chi connectivity index (χ2n) is 5.73. The molecule has 1 fully saturated rings. The lowest BCUT2D eigenvalue weighted by atomic mass is 10.0. The summed E-state index contributed by atoms with van der Waals surface area (Å²) in [5, 5.41) is 3.32. The highest BCUT2D eigenvalue weighted by atomic mass is 15.2. The Morgan fingerprint density at radius 1 is 1.26 bits per heavy atom. The third kappa shape index (κ3) is 3.58. The molecule has 2 heteroatoms. The number of nitrogens with one attached hydrogen (secondary N) is 1. The standard InChI is InChI=1S/C17H28N2/c1-4-14-6-8-16(9-7-14)17(5-2)19-11-10-15(13-19)12-18-3/h6-9,15,17-18H,4-5,10-13H2,1-3H3. The average molecular weight is 260 g/mol. The first kappa shape index (κ1) is 14.5. The van der Waals surface area contributed by atoms with E-state index in [0.29, 0.717) is 6.04 Å². The van der Waals surface area contributed by atoms with E-state index in [1.54, 1.807) is 0 Å². The molecular weight excluding hydrogens is 232 g/mol. The summed E-state index contributed by atoms with van der Waals surface area (Å²) in [5.74, 6) is 0.828. The Hall–Kier alpha value is -0.860. The minimum atomic E-state index is 0.604. The van der Waals surface area contributed by atoms with Crippen molar-refractivity contribution in [2.75, 3.05) is 26.7 Å². The number of benzene rings is 1. The smallest absolute Gasteiger partial charge is 0.0345 e. The van der Waals surface area contributed by atoms with Crippen molar-refractivity contribution >= 4 is 0 Å². The van der Waals surface area contributed by atoms with Gasteiger partial charge >= 0.3 is 0 Å². The van der Waals surface area contributed by atoms with Crippen LogP contribution in [0.1, 0.15) is 43.9 Å². The number of rotatable bonds is 6. The third-order valence-electron chi connectivity index (χ3n) is 4.41. The maximum absolute atomic E-state index is 3.32. The van der Waals surface area contributed by atoms with Crippen LogP contribution in [0.4, 0.5) is 0 Å². The molecule has 2 rings (SSSR count). The van der Waals surface area contributed by atoms with Crippen LogP contribution in [-0.4, -0.2) is 31.6 Å². The molecule has 1 aliphatic heterocycles. The Morgan fingerprint density at radius 2 is 2.00 bits per heavy atom. The fraction of sp³-hybridized carbons (Fsp3) is 0.647. The molecule has 0 aliphatic carbocycles. The number of aryl methyl sites for hydroxylation is 1. The highest BCUT2D eigenvalue weighted by Gasteiger charge is 2.27. The van der Waals surface area contributed by atoms with Crippen LogP contribution in [0.2, 0.25) is 0 Å². The Kier molecular flexibility index (Phi) is 5.41. The Morgan fingerprint density at radius 3 is 2.58 bits per heavy atom. The van der Waals surface area contributed by atoms with Gasteiger partial charge in [0.05, 0.1) is 0 Å². The fourth-order valence-electron chi connectivity index (χ4n) is 3.28. The molecule has 0 saturated carbocycles. The van der Waals surface area contributed by atoms with E-state index in [1.807, 2.05) is 0 Å². The molecule has 1 heterocycles. The number of nitrogens with zero attached hydrogens (tertiary/aromatic N) is 1. The van der Waals surface area contributed by atoms with E-state index in [2.05, 4.69) is 55.4 Å². The van der Waals surface area contributed by atoms with Gasteiger partial charge in [0.15, 0.2) is 0 Å². The maximum atomic E-state index is 3.32. The zero-order valence-electron chi connectivity index (χ0n) is 12.7. The summed E-state index contributed by atoms with van der Waals surface area (Å²) in [5.41, 5.74) is 2.93. The minimum Gasteiger partial charge on any atom is -0.319 e. The van der Waals surface area contributed by atoms with Crippen molar-refractivity contribution < 1.29 is 0 Å². The zero-order valence-corrected chi connectivity index (χ0v) is 12.7. The normalized spacial score (nSPS) is 21.7. The van der Waals surface area contributed by atoms with Crippen LogP contribution in [0.5, 0.6) is 0 Å². The van der Waals surface area contributed by atoms with E-state index in [4.69, 9.17) is 0 Å². The predicted molar refractivity (Wildman–Crippen MR) is 82.5 cm³/mol. The van der Waals surface area contributed by atoms with Crippen molar-refractivity contribution in [2.45, 2.75) is 39.2 Å². The van der Waals surface area contributed by atoms with E-state index in [9.17, 15) is 0 Å². The molecule has 1 aromatic carbocycles. The molecule has 19 heavy (non-hydrogen) atoms. The molecule has 1 aromatic rings. The molecule has 0 amide bonds. The molecule has 2 unspecified atom stereocenters. The summed E-state index contributed by atoms with van der Waals surface area (Å²) < 4.78 is 0. The second kappa shape index (κ2) is 7.06. The van der Waals surface area contributed by atoms with Gasteiger partial charge in [-0.3, -0.25) is 4.90 Å². The molecule has 0 bridgehead atoms. The van der Waals surface area contributed by atoms with Gasteiger partial charge in [0.2, 0.25) is 0 Å². The van der Waals surface area contributed by atoms with Gasteiger partial charge in [-0.2, -0.15) is 0 Å². The molecule has 106 valence electrons. The van der Waals surface area contributed by atoms with E-state index in [-0.39, 0.29) is 0 Å². The summed E-state index contributed by atoms with van der Waals surface area (Å²) in [6.07, 6.45) is 3.67. The van der Waals surface area contributed by atoms with Gasteiger partial charge in [0.25, 0.3) is 0 Å². The van der Waals surface area contributed by atoms with Crippen LogP contribution in [0, 0.1) is 5.92 Å². The van der Waals surface area contributed by atoms with Crippen molar-refractivity contribution in [2.24, 2.45) is 5.92 Å². The number of hydrogen-bond donors (Lipinski definition) is 1. The van der Waals surface area contributed by atoms with E-state index < -0.39 is 0 Å². The Bertz CT molecular complexity index is 371. The molecule has 1 aliphatic rings. The first-order valence-electron chi connectivity index (χ1n) is 7.76. The van der Waals surface area contributed by atoms with Crippen LogP contribution in [0.25, 0.3) is 0 Å². The van der Waals surface area contributed by atoms with Gasteiger partial charge in [-0.15, -0.1) is 0 Å². The fourth-order valence-corrected chi connectivity index (χ4v) is 3.28.